The van der Waals surface area contributed by atoms with Crippen LogP contribution in [-0.4, -0.2) is 22.5 Å². The fourth-order valence-corrected chi connectivity index (χ4v) is 2.24. The molecule has 95 valence electrons. The van der Waals surface area contributed by atoms with Gasteiger partial charge in [0.1, 0.15) is 5.75 Å². The molecule has 3 aromatic rings. The maximum absolute atomic E-state index is 10.5. The number of hydrogen-bond acceptors (Lipinski definition) is 1. The molecule has 0 atom stereocenters. The molecule has 20 heavy (non-hydrogen) atoms. The first-order valence-corrected chi connectivity index (χ1v) is 6.29. The Balaban J connectivity index is 0.00000147. The van der Waals surface area contributed by atoms with Crippen LogP contribution in [0.2, 0.25) is 0 Å². The van der Waals surface area contributed by atoms with E-state index in [9.17, 15) is 5.11 Å². The van der Waals surface area contributed by atoms with Gasteiger partial charge in [-0.05, 0) is 11.1 Å². The summed E-state index contributed by atoms with van der Waals surface area (Å²) in [5.41, 5.74) is 3.78. The Labute approximate surface area is 129 Å². The maximum atomic E-state index is 10.5. The van der Waals surface area contributed by atoms with Gasteiger partial charge in [-0.25, -0.2) is 0 Å². The number of phenolic OH excluding ortho intramolecular Hbond substituents is 1. The number of hydrogen-bond donors (Lipinski definition) is 1. The Bertz CT molecular complexity index is 621. The maximum Gasteiger partial charge on any atom is 0.131 e. The van der Waals surface area contributed by atoms with Crippen molar-refractivity contribution in [3.63, 3.8) is 0 Å². The first-order chi connectivity index (χ1) is 9.36. The Morgan fingerprint density at radius 3 is 1.30 bits per heavy atom. The molecule has 3 radical (unpaired) electrons. The molecule has 0 amide bonds. The molecule has 0 heterocycles. The summed E-state index contributed by atoms with van der Waals surface area (Å²) < 4.78 is 0. The molecule has 3 rings (SSSR count). The Hall–Kier alpha value is -2.01. The third kappa shape index (κ3) is 2.77. The van der Waals surface area contributed by atoms with E-state index in [0.717, 1.165) is 22.3 Å². The molecule has 0 saturated carbocycles. The Morgan fingerprint density at radius 2 is 0.900 bits per heavy atom. The van der Waals surface area contributed by atoms with E-state index < -0.39 is 0 Å². The van der Waals surface area contributed by atoms with Crippen LogP contribution in [0, 0.1) is 0 Å². The second-order valence-corrected chi connectivity index (χ2v) is 4.43. The summed E-state index contributed by atoms with van der Waals surface area (Å²) in [5.74, 6) is 0.333. The standard InChI is InChI=1S/C18H14O.Al/c19-18-16(14-8-3-1-4-9-14)12-7-13-17(18)15-10-5-2-6-11-15;/h1-13,19H;. The van der Waals surface area contributed by atoms with Gasteiger partial charge in [0.2, 0.25) is 0 Å². The van der Waals surface area contributed by atoms with Gasteiger partial charge in [-0.2, -0.15) is 0 Å². The van der Waals surface area contributed by atoms with E-state index in [1.807, 2.05) is 78.9 Å². The van der Waals surface area contributed by atoms with Gasteiger partial charge in [0.15, 0.2) is 0 Å². The van der Waals surface area contributed by atoms with Gasteiger partial charge in [-0.1, -0.05) is 78.9 Å². The molecular formula is C18H14AlO. The quantitative estimate of drug-likeness (QED) is 0.688. The summed E-state index contributed by atoms with van der Waals surface area (Å²) in [4.78, 5) is 0. The van der Waals surface area contributed by atoms with Crippen molar-refractivity contribution in [1.82, 2.24) is 0 Å². The molecule has 0 fully saturated rings. The molecule has 0 aliphatic carbocycles. The van der Waals surface area contributed by atoms with Gasteiger partial charge in [-0.3, -0.25) is 0 Å². The molecule has 0 aliphatic rings. The summed E-state index contributed by atoms with van der Waals surface area (Å²) in [6.45, 7) is 0. The van der Waals surface area contributed by atoms with Crippen LogP contribution in [0.3, 0.4) is 0 Å². The highest BCUT2D eigenvalue weighted by Gasteiger charge is 2.09. The Morgan fingerprint density at radius 1 is 0.500 bits per heavy atom. The molecule has 1 N–H and O–H groups in total. The van der Waals surface area contributed by atoms with Crippen molar-refractivity contribution < 1.29 is 5.11 Å². The SMILES string of the molecule is Oc1c(-c2ccccc2)cccc1-c1ccccc1.[Al]. The first kappa shape index (κ1) is 14.4. The van der Waals surface area contributed by atoms with E-state index in [1.165, 1.54) is 0 Å². The molecular weight excluding hydrogens is 259 g/mol. The summed E-state index contributed by atoms with van der Waals surface area (Å²) in [7, 11) is 0. The van der Waals surface area contributed by atoms with Gasteiger partial charge < -0.3 is 5.11 Å². The lowest BCUT2D eigenvalue weighted by atomic mass is 9.97. The molecule has 0 spiro atoms. The lowest BCUT2D eigenvalue weighted by Gasteiger charge is -2.10. The highest BCUT2D eigenvalue weighted by atomic mass is 27.0. The van der Waals surface area contributed by atoms with Crippen LogP contribution < -0.4 is 0 Å². The van der Waals surface area contributed by atoms with E-state index in [1.54, 1.807) is 0 Å². The predicted molar refractivity (Wildman–Crippen MR) is 84.7 cm³/mol. The first-order valence-electron chi connectivity index (χ1n) is 6.29. The van der Waals surface area contributed by atoms with Gasteiger partial charge in [-0.15, -0.1) is 0 Å². The minimum absolute atomic E-state index is 0. The van der Waals surface area contributed by atoms with Crippen LogP contribution in [0.4, 0.5) is 0 Å². The van der Waals surface area contributed by atoms with Crippen LogP contribution in [-0.2, 0) is 0 Å². The van der Waals surface area contributed by atoms with Gasteiger partial charge >= 0.3 is 0 Å². The largest absolute Gasteiger partial charge is 0.507 e. The summed E-state index contributed by atoms with van der Waals surface area (Å²) in [6, 6.07) is 25.7. The minimum atomic E-state index is 0. The fourth-order valence-electron chi connectivity index (χ4n) is 2.24. The van der Waals surface area contributed by atoms with Crippen LogP contribution in [0.1, 0.15) is 0 Å². The number of benzene rings is 3. The molecule has 0 unspecified atom stereocenters. The van der Waals surface area contributed by atoms with E-state index in [4.69, 9.17) is 0 Å². The van der Waals surface area contributed by atoms with Crippen LogP contribution >= 0.6 is 0 Å². The van der Waals surface area contributed by atoms with Crippen molar-refractivity contribution in [2.45, 2.75) is 0 Å². The number of para-hydroxylation sites is 1. The zero-order chi connectivity index (χ0) is 13.1. The van der Waals surface area contributed by atoms with Crippen molar-refractivity contribution >= 4 is 17.4 Å². The normalized spacial score (nSPS) is 9.80. The number of phenols is 1. The third-order valence-electron chi connectivity index (χ3n) is 3.21. The third-order valence-corrected chi connectivity index (χ3v) is 3.21. The number of rotatable bonds is 2. The molecule has 2 heteroatoms. The lowest BCUT2D eigenvalue weighted by molar-refractivity contribution is 0.479. The average Bonchev–Trinajstić information content (AvgIpc) is 2.49. The van der Waals surface area contributed by atoms with Crippen molar-refractivity contribution in [1.29, 1.82) is 0 Å². The molecule has 1 nitrogen and oxygen atoms in total. The topological polar surface area (TPSA) is 20.2 Å². The fraction of sp³-hybridized carbons (Fsp3) is 0. The minimum Gasteiger partial charge on any atom is -0.507 e. The van der Waals surface area contributed by atoms with Crippen molar-refractivity contribution in [2.75, 3.05) is 0 Å². The van der Waals surface area contributed by atoms with E-state index in [0.29, 0.717) is 5.75 Å². The highest BCUT2D eigenvalue weighted by molar-refractivity contribution is 5.81. The van der Waals surface area contributed by atoms with Gasteiger partial charge in [0.05, 0.1) is 0 Å². The molecule has 0 aliphatic heterocycles. The van der Waals surface area contributed by atoms with E-state index in [-0.39, 0.29) is 17.4 Å². The highest BCUT2D eigenvalue weighted by Crippen LogP contribution is 2.37. The molecule has 0 saturated heterocycles. The smallest absolute Gasteiger partial charge is 0.131 e. The average molecular weight is 273 g/mol. The molecule has 0 aromatic heterocycles. The lowest BCUT2D eigenvalue weighted by Crippen LogP contribution is -1.83. The second-order valence-electron chi connectivity index (χ2n) is 4.43. The molecule has 0 bridgehead atoms. The summed E-state index contributed by atoms with van der Waals surface area (Å²) >= 11 is 0. The monoisotopic (exact) mass is 273 g/mol. The van der Waals surface area contributed by atoms with Crippen LogP contribution in [0.5, 0.6) is 5.75 Å². The zero-order valence-corrected chi connectivity index (χ0v) is 12.2. The van der Waals surface area contributed by atoms with Crippen LogP contribution in [0.15, 0.2) is 78.9 Å². The van der Waals surface area contributed by atoms with Crippen molar-refractivity contribution in [2.24, 2.45) is 0 Å². The summed E-state index contributed by atoms with van der Waals surface area (Å²) in [5, 5.41) is 10.5. The van der Waals surface area contributed by atoms with Crippen molar-refractivity contribution in [3.05, 3.63) is 78.9 Å². The Kier molecular flexibility index (Phi) is 4.63. The zero-order valence-electron chi connectivity index (χ0n) is 11.0. The van der Waals surface area contributed by atoms with Crippen LogP contribution in [0.25, 0.3) is 22.3 Å². The second kappa shape index (κ2) is 6.43. The number of aromatic hydroxyl groups is 1. The molecule has 3 aromatic carbocycles. The van der Waals surface area contributed by atoms with E-state index in [2.05, 4.69) is 0 Å². The van der Waals surface area contributed by atoms with Crippen molar-refractivity contribution in [3.8, 4) is 28.0 Å². The predicted octanol–water partition coefficient (Wildman–Crippen LogP) is 4.35. The van der Waals surface area contributed by atoms with Gasteiger partial charge in [0, 0.05) is 28.5 Å². The van der Waals surface area contributed by atoms with Gasteiger partial charge in [0.25, 0.3) is 0 Å². The van der Waals surface area contributed by atoms with E-state index >= 15 is 0 Å². The summed E-state index contributed by atoms with van der Waals surface area (Å²) in [6.07, 6.45) is 0.